The van der Waals surface area contributed by atoms with Crippen LogP contribution in [0, 0.1) is 0 Å². The standard InChI is InChI=1S/C24H24N2O3/c1-29-20-13-11-19(12-14-20)23(27)17-26-22-10-6-5-9-21(22)24(28)25-16-15-18-7-3-2-4-8-18/h2-14,26H,15-17H2,1H3,(H,25,28). The van der Waals surface area contributed by atoms with Crippen LogP contribution in [0.2, 0.25) is 0 Å². The Morgan fingerprint density at radius 1 is 0.862 bits per heavy atom. The van der Waals surface area contributed by atoms with Crippen molar-refractivity contribution >= 4 is 17.4 Å². The van der Waals surface area contributed by atoms with Crippen molar-refractivity contribution in [3.8, 4) is 5.75 Å². The van der Waals surface area contributed by atoms with Gasteiger partial charge in [-0.25, -0.2) is 0 Å². The van der Waals surface area contributed by atoms with Crippen molar-refractivity contribution in [2.75, 3.05) is 25.5 Å². The topological polar surface area (TPSA) is 67.4 Å². The quantitative estimate of drug-likeness (QED) is 0.545. The molecule has 0 radical (unpaired) electrons. The van der Waals surface area contributed by atoms with Crippen LogP contribution >= 0.6 is 0 Å². The Bertz CT molecular complexity index is 953. The number of hydrogen-bond acceptors (Lipinski definition) is 4. The van der Waals surface area contributed by atoms with E-state index in [9.17, 15) is 9.59 Å². The molecule has 0 aliphatic carbocycles. The lowest BCUT2D eigenvalue weighted by Crippen LogP contribution is -2.27. The Morgan fingerprint density at radius 2 is 1.55 bits per heavy atom. The number of para-hydroxylation sites is 1. The number of nitrogens with one attached hydrogen (secondary N) is 2. The van der Waals surface area contributed by atoms with Gasteiger partial charge in [-0.1, -0.05) is 42.5 Å². The van der Waals surface area contributed by atoms with Crippen LogP contribution in [0.5, 0.6) is 5.75 Å². The fourth-order valence-electron chi connectivity index (χ4n) is 2.95. The van der Waals surface area contributed by atoms with Crippen LogP contribution in [-0.4, -0.2) is 31.9 Å². The highest BCUT2D eigenvalue weighted by molar-refractivity contribution is 6.02. The van der Waals surface area contributed by atoms with Crippen molar-refractivity contribution < 1.29 is 14.3 Å². The Balaban J connectivity index is 1.57. The van der Waals surface area contributed by atoms with E-state index in [1.165, 1.54) is 5.56 Å². The third kappa shape index (κ3) is 5.69. The third-order valence-electron chi connectivity index (χ3n) is 4.57. The number of benzene rings is 3. The molecule has 0 fully saturated rings. The zero-order valence-corrected chi connectivity index (χ0v) is 16.4. The summed E-state index contributed by atoms with van der Waals surface area (Å²) in [7, 11) is 1.58. The van der Waals surface area contributed by atoms with Gasteiger partial charge in [0.2, 0.25) is 0 Å². The van der Waals surface area contributed by atoms with Gasteiger partial charge in [0.1, 0.15) is 5.75 Å². The summed E-state index contributed by atoms with van der Waals surface area (Å²) in [5, 5.41) is 6.03. The second-order valence-corrected chi connectivity index (χ2v) is 6.54. The molecule has 29 heavy (non-hydrogen) atoms. The fourth-order valence-corrected chi connectivity index (χ4v) is 2.95. The minimum Gasteiger partial charge on any atom is -0.497 e. The lowest BCUT2D eigenvalue weighted by molar-refractivity contribution is 0.0952. The van der Waals surface area contributed by atoms with Crippen molar-refractivity contribution in [3.05, 3.63) is 95.6 Å². The molecule has 0 atom stereocenters. The monoisotopic (exact) mass is 388 g/mol. The summed E-state index contributed by atoms with van der Waals surface area (Å²) in [6, 6.07) is 24.1. The Kier molecular flexibility index (Phi) is 7.00. The number of carbonyl (C=O) groups excluding carboxylic acids is 2. The van der Waals surface area contributed by atoms with Gasteiger partial charge in [-0.3, -0.25) is 9.59 Å². The molecule has 0 unspecified atom stereocenters. The second-order valence-electron chi connectivity index (χ2n) is 6.54. The number of ketones is 1. The number of rotatable bonds is 9. The van der Waals surface area contributed by atoms with Gasteiger partial charge in [-0.05, 0) is 48.4 Å². The highest BCUT2D eigenvalue weighted by Gasteiger charge is 2.12. The van der Waals surface area contributed by atoms with Gasteiger partial charge in [0.15, 0.2) is 5.78 Å². The highest BCUT2D eigenvalue weighted by atomic mass is 16.5. The van der Waals surface area contributed by atoms with Crippen LogP contribution in [0.4, 0.5) is 5.69 Å². The van der Waals surface area contributed by atoms with E-state index in [-0.39, 0.29) is 18.2 Å². The number of amides is 1. The van der Waals surface area contributed by atoms with E-state index < -0.39 is 0 Å². The minimum atomic E-state index is -0.166. The first-order chi connectivity index (χ1) is 14.2. The first-order valence-electron chi connectivity index (χ1n) is 9.49. The van der Waals surface area contributed by atoms with Gasteiger partial charge in [0, 0.05) is 17.8 Å². The average molecular weight is 388 g/mol. The Labute approximate surface area is 170 Å². The van der Waals surface area contributed by atoms with Gasteiger partial charge in [0.25, 0.3) is 5.91 Å². The molecule has 5 nitrogen and oxygen atoms in total. The first-order valence-corrected chi connectivity index (χ1v) is 9.49. The largest absolute Gasteiger partial charge is 0.497 e. The molecule has 0 saturated carbocycles. The van der Waals surface area contributed by atoms with Gasteiger partial charge in [-0.2, -0.15) is 0 Å². The fraction of sp³-hybridized carbons (Fsp3) is 0.167. The minimum absolute atomic E-state index is 0.0630. The number of Topliss-reactive ketones (excluding diaryl/α,β-unsaturated/α-hetero) is 1. The second kappa shape index (κ2) is 10.1. The molecule has 1 amide bonds. The van der Waals surface area contributed by atoms with Crippen molar-refractivity contribution in [3.63, 3.8) is 0 Å². The molecule has 3 aromatic rings. The molecule has 0 aliphatic rings. The van der Waals surface area contributed by atoms with Gasteiger partial charge in [-0.15, -0.1) is 0 Å². The van der Waals surface area contributed by atoms with Crippen molar-refractivity contribution in [1.29, 1.82) is 0 Å². The summed E-state index contributed by atoms with van der Waals surface area (Å²) in [6.07, 6.45) is 0.762. The van der Waals surface area contributed by atoms with Crippen molar-refractivity contribution in [1.82, 2.24) is 5.32 Å². The lowest BCUT2D eigenvalue weighted by atomic mass is 10.1. The normalized spacial score (nSPS) is 10.2. The molecule has 3 rings (SSSR count). The van der Waals surface area contributed by atoms with E-state index in [0.717, 1.165) is 6.42 Å². The summed E-state index contributed by atoms with van der Waals surface area (Å²) in [6.45, 7) is 0.641. The zero-order valence-electron chi connectivity index (χ0n) is 16.4. The highest BCUT2D eigenvalue weighted by Crippen LogP contribution is 2.16. The van der Waals surface area contributed by atoms with Crippen LogP contribution in [0.25, 0.3) is 0 Å². The number of hydrogen-bond donors (Lipinski definition) is 2. The maximum Gasteiger partial charge on any atom is 0.253 e. The van der Waals surface area contributed by atoms with E-state index in [0.29, 0.717) is 29.1 Å². The molecule has 0 saturated heterocycles. The van der Waals surface area contributed by atoms with Gasteiger partial charge >= 0.3 is 0 Å². The van der Waals surface area contributed by atoms with Crippen LogP contribution in [0.1, 0.15) is 26.3 Å². The average Bonchev–Trinajstić information content (AvgIpc) is 2.78. The number of anilines is 1. The van der Waals surface area contributed by atoms with Crippen LogP contribution in [0.3, 0.4) is 0 Å². The summed E-state index contributed by atoms with van der Waals surface area (Å²) in [4.78, 5) is 25.0. The molecule has 5 heteroatoms. The van der Waals surface area contributed by atoms with Crippen molar-refractivity contribution in [2.45, 2.75) is 6.42 Å². The smallest absolute Gasteiger partial charge is 0.253 e. The molecule has 148 valence electrons. The van der Waals surface area contributed by atoms with Crippen LogP contribution in [-0.2, 0) is 6.42 Å². The van der Waals surface area contributed by atoms with E-state index in [1.54, 1.807) is 43.5 Å². The molecule has 0 heterocycles. The maximum absolute atomic E-state index is 12.6. The van der Waals surface area contributed by atoms with Crippen molar-refractivity contribution in [2.24, 2.45) is 0 Å². The van der Waals surface area contributed by atoms with Gasteiger partial charge < -0.3 is 15.4 Å². The zero-order chi connectivity index (χ0) is 20.5. The van der Waals surface area contributed by atoms with E-state index in [4.69, 9.17) is 4.74 Å². The van der Waals surface area contributed by atoms with Crippen LogP contribution < -0.4 is 15.4 Å². The molecule has 2 N–H and O–H groups in total. The molecular weight excluding hydrogens is 364 g/mol. The predicted octanol–water partition coefficient (Wildman–Crippen LogP) is 3.96. The summed E-state index contributed by atoms with van der Waals surface area (Å²) < 4.78 is 5.11. The number of ether oxygens (including phenoxy) is 1. The molecule has 0 bridgehead atoms. The van der Waals surface area contributed by atoms with Gasteiger partial charge in [0.05, 0.1) is 19.2 Å². The Hall–Kier alpha value is -3.60. The number of carbonyl (C=O) groups is 2. The predicted molar refractivity (Wildman–Crippen MR) is 115 cm³/mol. The first kappa shape index (κ1) is 20.1. The molecular formula is C24H24N2O3. The van der Waals surface area contributed by atoms with Crippen LogP contribution in [0.15, 0.2) is 78.9 Å². The molecule has 3 aromatic carbocycles. The maximum atomic E-state index is 12.6. The molecule has 0 aromatic heterocycles. The SMILES string of the molecule is COc1ccc(C(=O)CNc2ccccc2C(=O)NCCc2ccccc2)cc1. The summed E-state index contributed by atoms with van der Waals surface area (Å²) >= 11 is 0. The van der Waals surface area contributed by atoms with E-state index >= 15 is 0 Å². The molecule has 0 spiro atoms. The van der Waals surface area contributed by atoms with E-state index in [1.807, 2.05) is 42.5 Å². The lowest BCUT2D eigenvalue weighted by Gasteiger charge is -2.12. The summed E-state index contributed by atoms with van der Waals surface area (Å²) in [5.74, 6) is 0.472. The Morgan fingerprint density at radius 3 is 2.28 bits per heavy atom. The van der Waals surface area contributed by atoms with E-state index in [2.05, 4.69) is 10.6 Å². The summed E-state index contributed by atoms with van der Waals surface area (Å²) in [5.41, 5.74) is 2.90. The molecule has 0 aliphatic heterocycles. The third-order valence-corrected chi connectivity index (χ3v) is 4.57. The number of methoxy groups -OCH3 is 1.